The average molecular weight is 240 g/mol. The smallest absolute Gasteiger partial charge is 0.0968 e. The molecule has 0 amide bonds. The molecule has 0 aromatic heterocycles. The molecule has 1 saturated heterocycles. The number of thioether (sulfide) groups is 1. The zero-order chi connectivity index (χ0) is 11.2. The Morgan fingerprint density at radius 1 is 1.06 bits per heavy atom. The molecule has 1 aliphatic carbocycles. The standard InChI is InChI=1S/C13H24N2S/c14-13(11-6-2-1-3-7-11)15-10-12-8-4-5-9-16-12/h11-12H,1-10H2,(H2,14,15). The first kappa shape index (κ1) is 12.3. The lowest BCUT2D eigenvalue weighted by Gasteiger charge is -2.23. The molecule has 16 heavy (non-hydrogen) atoms. The predicted molar refractivity (Wildman–Crippen MR) is 73.2 cm³/mol. The van der Waals surface area contributed by atoms with Gasteiger partial charge in [0.05, 0.1) is 12.4 Å². The Kier molecular flexibility index (Phi) is 5.01. The van der Waals surface area contributed by atoms with Crippen LogP contribution in [0.2, 0.25) is 0 Å². The van der Waals surface area contributed by atoms with Crippen molar-refractivity contribution in [2.24, 2.45) is 16.6 Å². The molecule has 0 aromatic carbocycles. The molecule has 1 heterocycles. The maximum absolute atomic E-state index is 6.11. The van der Waals surface area contributed by atoms with E-state index in [0.29, 0.717) is 5.92 Å². The zero-order valence-corrected chi connectivity index (χ0v) is 11.0. The van der Waals surface area contributed by atoms with Gasteiger partial charge in [0.15, 0.2) is 0 Å². The summed E-state index contributed by atoms with van der Waals surface area (Å²) in [5.74, 6) is 2.87. The molecule has 0 aromatic rings. The molecular weight excluding hydrogens is 216 g/mol. The Hall–Kier alpha value is -0.180. The van der Waals surface area contributed by atoms with Crippen LogP contribution in [0.5, 0.6) is 0 Å². The van der Waals surface area contributed by atoms with Crippen molar-refractivity contribution in [3.05, 3.63) is 0 Å². The van der Waals surface area contributed by atoms with E-state index in [9.17, 15) is 0 Å². The van der Waals surface area contributed by atoms with Gasteiger partial charge in [-0.15, -0.1) is 0 Å². The number of aliphatic imine (C=N–C) groups is 1. The molecule has 2 nitrogen and oxygen atoms in total. The molecule has 2 aliphatic rings. The molecule has 0 spiro atoms. The first-order chi connectivity index (χ1) is 7.86. The largest absolute Gasteiger partial charge is 0.387 e. The SMILES string of the molecule is NC(=NCC1CCCCS1)C1CCCCC1. The second kappa shape index (κ2) is 6.53. The first-order valence-corrected chi connectivity index (χ1v) is 7.82. The van der Waals surface area contributed by atoms with Crippen LogP contribution in [-0.4, -0.2) is 23.4 Å². The van der Waals surface area contributed by atoms with Crippen LogP contribution in [0.25, 0.3) is 0 Å². The summed E-state index contributed by atoms with van der Waals surface area (Å²) in [6.07, 6.45) is 10.7. The van der Waals surface area contributed by atoms with E-state index >= 15 is 0 Å². The lowest BCUT2D eigenvalue weighted by Crippen LogP contribution is -2.27. The van der Waals surface area contributed by atoms with E-state index in [1.165, 1.54) is 57.1 Å². The van der Waals surface area contributed by atoms with Gasteiger partial charge in [-0.1, -0.05) is 25.7 Å². The van der Waals surface area contributed by atoms with Gasteiger partial charge in [0, 0.05) is 11.2 Å². The van der Waals surface area contributed by atoms with Crippen molar-refractivity contribution in [2.75, 3.05) is 12.3 Å². The van der Waals surface area contributed by atoms with Crippen molar-refractivity contribution in [3.63, 3.8) is 0 Å². The molecule has 2 rings (SSSR count). The topological polar surface area (TPSA) is 38.4 Å². The lowest BCUT2D eigenvalue weighted by atomic mass is 9.88. The zero-order valence-electron chi connectivity index (χ0n) is 10.2. The second-order valence-corrected chi connectivity index (χ2v) is 6.50. The van der Waals surface area contributed by atoms with Crippen molar-refractivity contribution in [1.82, 2.24) is 0 Å². The fraction of sp³-hybridized carbons (Fsp3) is 0.923. The Morgan fingerprint density at radius 2 is 1.81 bits per heavy atom. The number of amidine groups is 1. The minimum absolute atomic E-state index is 0.599. The van der Waals surface area contributed by atoms with Crippen LogP contribution in [-0.2, 0) is 0 Å². The van der Waals surface area contributed by atoms with Crippen molar-refractivity contribution in [2.45, 2.75) is 56.6 Å². The molecule has 1 atom stereocenters. The third kappa shape index (κ3) is 3.69. The van der Waals surface area contributed by atoms with Crippen LogP contribution in [0.3, 0.4) is 0 Å². The van der Waals surface area contributed by atoms with Crippen LogP contribution in [0.4, 0.5) is 0 Å². The van der Waals surface area contributed by atoms with Gasteiger partial charge in [-0.2, -0.15) is 11.8 Å². The maximum atomic E-state index is 6.11. The van der Waals surface area contributed by atoms with Crippen LogP contribution in [0.1, 0.15) is 51.4 Å². The molecule has 1 aliphatic heterocycles. The van der Waals surface area contributed by atoms with E-state index in [2.05, 4.69) is 16.8 Å². The van der Waals surface area contributed by atoms with E-state index in [0.717, 1.165) is 17.6 Å². The summed E-state index contributed by atoms with van der Waals surface area (Å²) in [7, 11) is 0. The molecule has 3 heteroatoms. The molecule has 1 unspecified atom stereocenters. The lowest BCUT2D eigenvalue weighted by molar-refractivity contribution is 0.436. The fourth-order valence-corrected chi connectivity index (χ4v) is 3.90. The molecule has 1 saturated carbocycles. The van der Waals surface area contributed by atoms with Gasteiger partial charge in [0.1, 0.15) is 0 Å². The average Bonchev–Trinajstić information content (AvgIpc) is 2.38. The summed E-state index contributed by atoms with van der Waals surface area (Å²) in [5, 5.41) is 0.746. The van der Waals surface area contributed by atoms with Crippen molar-refractivity contribution in [1.29, 1.82) is 0 Å². The second-order valence-electron chi connectivity index (χ2n) is 5.09. The van der Waals surface area contributed by atoms with Gasteiger partial charge >= 0.3 is 0 Å². The number of nitrogens with zero attached hydrogens (tertiary/aromatic N) is 1. The van der Waals surface area contributed by atoms with Gasteiger partial charge in [-0.25, -0.2) is 0 Å². The summed E-state index contributed by atoms with van der Waals surface area (Å²) in [5.41, 5.74) is 6.11. The molecule has 0 radical (unpaired) electrons. The Labute approximate surface area is 103 Å². The fourth-order valence-electron chi connectivity index (χ4n) is 2.69. The normalized spacial score (nSPS) is 29.2. The van der Waals surface area contributed by atoms with E-state index in [4.69, 9.17) is 5.73 Å². The highest BCUT2D eigenvalue weighted by atomic mass is 32.2. The highest BCUT2D eigenvalue weighted by Crippen LogP contribution is 2.26. The summed E-state index contributed by atoms with van der Waals surface area (Å²) in [6, 6.07) is 0. The van der Waals surface area contributed by atoms with E-state index in [-0.39, 0.29) is 0 Å². The van der Waals surface area contributed by atoms with Crippen molar-refractivity contribution >= 4 is 17.6 Å². The number of rotatable bonds is 3. The van der Waals surface area contributed by atoms with Gasteiger partial charge in [0.25, 0.3) is 0 Å². The molecule has 0 bridgehead atoms. The number of nitrogens with two attached hydrogens (primary N) is 1. The van der Waals surface area contributed by atoms with Crippen molar-refractivity contribution < 1.29 is 0 Å². The van der Waals surface area contributed by atoms with Crippen LogP contribution < -0.4 is 5.73 Å². The summed E-state index contributed by atoms with van der Waals surface area (Å²) in [4.78, 5) is 4.65. The Bertz CT molecular complexity index is 228. The molecule has 92 valence electrons. The molecule has 2 N–H and O–H groups in total. The minimum atomic E-state index is 0.599. The quantitative estimate of drug-likeness (QED) is 0.607. The van der Waals surface area contributed by atoms with E-state index < -0.39 is 0 Å². The highest BCUT2D eigenvalue weighted by Gasteiger charge is 2.18. The Morgan fingerprint density at radius 3 is 2.50 bits per heavy atom. The van der Waals surface area contributed by atoms with Crippen molar-refractivity contribution in [3.8, 4) is 0 Å². The van der Waals surface area contributed by atoms with E-state index in [1.54, 1.807) is 0 Å². The predicted octanol–water partition coefficient (Wildman–Crippen LogP) is 3.21. The molecular formula is C13H24N2S. The molecule has 2 fully saturated rings. The van der Waals surface area contributed by atoms with Crippen LogP contribution >= 0.6 is 11.8 Å². The summed E-state index contributed by atoms with van der Waals surface area (Å²) < 4.78 is 0. The van der Waals surface area contributed by atoms with Gasteiger partial charge < -0.3 is 5.73 Å². The number of hydrogen-bond acceptors (Lipinski definition) is 2. The van der Waals surface area contributed by atoms with Crippen LogP contribution in [0.15, 0.2) is 4.99 Å². The Balaban J connectivity index is 1.76. The van der Waals surface area contributed by atoms with Gasteiger partial charge in [0.2, 0.25) is 0 Å². The first-order valence-electron chi connectivity index (χ1n) is 6.77. The monoisotopic (exact) mass is 240 g/mol. The number of hydrogen-bond donors (Lipinski definition) is 1. The minimum Gasteiger partial charge on any atom is -0.387 e. The van der Waals surface area contributed by atoms with Crippen LogP contribution in [0, 0.1) is 5.92 Å². The summed E-state index contributed by atoms with van der Waals surface area (Å²) in [6.45, 7) is 0.965. The third-order valence-electron chi connectivity index (χ3n) is 3.77. The van der Waals surface area contributed by atoms with E-state index in [1.807, 2.05) is 0 Å². The van der Waals surface area contributed by atoms with Gasteiger partial charge in [-0.05, 0) is 31.4 Å². The summed E-state index contributed by atoms with van der Waals surface area (Å²) >= 11 is 2.09. The van der Waals surface area contributed by atoms with Gasteiger partial charge in [-0.3, -0.25) is 4.99 Å². The maximum Gasteiger partial charge on any atom is 0.0968 e. The highest BCUT2D eigenvalue weighted by molar-refractivity contribution is 7.99. The third-order valence-corrected chi connectivity index (χ3v) is 5.16.